The molecule has 1 aromatic carbocycles. The lowest BCUT2D eigenvalue weighted by atomic mass is 10.1. The summed E-state index contributed by atoms with van der Waals surface area (Å²) in [5, 5.41) is 2.85. The molecule has 112 valence electrons. The Morgan fingerprint density at radius 2 is 1.70 bits per heavy atom. The quantitative estimate of drug-likeness (QED) is 0.609. The Morgan fingerprint density at radius 1 is 1.00 bits per heavy atom. The zero-order valence-corrected chi connectivity index (χ0v) is 12.6. The molecule has 0 atom stereocenters. The van der Waals surface area contributed by atoms with Gasteiger partial charge in [-0.1, -0.05) is 57.2 Å². The summed E-state index contributed by atoms with van der Waals surface area (Å²) in [6.07, 6.45) is 8.00. The van der Waals surface area contributed by atoms with E-state index in [1.165, 1.54) is 32.1 Å². The van der Waals surface area contributed by atoms with Gasteiger partial charge in [0.15, 0.2) is 0 Å². The first-order valence-electron chi connectivity index (χ1n) is 7.75. The fourth-order valence-corrected chi connectivity index (χ4v) is 2.00. The van der Waals surface area contributed by atoms with Crippen LogP contribution >= 0.6 is 0 Å². The molecule has 0 spiro atoms. The summed E-state index contributed by atoms with van der Waals surface area (Å²) in [5.41, 5.74) is 0.841. The number of ether oxygens (including phenoxy) is 1. The smallest absolute Gasteiger partial charge is 0.226 e. The average molecular weight is 277 g/mol. The van der Waals surface area contributed by atoms with Crippen LogP contribution < -0.4 is 5.32 Å². The van der Waals surface area contributed by atoms with Gasteiger partial charge in [-0.2, -0.15) is 0 Å². The number of para-hydroxylation sites is 1. The molecule has 1 amide bonds. The minimum absolute atomic E-state index is 0.0131. The van der Waals surface area contributed by atoms with Crippen LogP contribution in [0.1, 0.15) is 51.9 Å². The fraction of sp³-hybridized carbons (Fsp3) is 0.588. The molecule has 0 aliphatic rings. The number of anilines is 1. The summed E-state index contributed by atoms with van der Waals surface area (Å²) >= 11 is 0. The zero-order chi connectivity index (χ0) is 14.5. The highest BCUT2D eigenvalue weighted by atomic mass is 16.5. The van der Waals surface area contributed by atoms with E-state index in [1.54, 1.807) is 0 Å². The van der Waals surface area contributed by atoms with Crippen molar-refractivity contribution in [1.82, 2.24) is 0 Å². The zero-order valence-electron chi connectivity index (χ0n) is 12.6. The van der Waals surface area contributed by atoms with Crippen molar-refractivity contribution in [1.29, 1.82) is 0 Å². The molecule has 0 aromatic heterocycles. The number of amides is 1. The van der Waals surface area contributed by atoms with Gasteiger partial charge in [0.25, 0.3) is 0 Å². The lowest BCUT2D eigenvalue weighted by Crippen LogP contribution is -2.14. The first kappa shape index (κ1) is 16.7. The molecule has 0 heterocycles. The maximum atomic E-state index is 11.6. The SMILES string of the molecule is CCCCCCCCOCCC(=O)Nc1ccccc1. The van der Waals surface area contributed by atoms with E-state index in [4.69, 9.17) is 4.74 Å². The van der Waals surface area contributed by atoms with Crippen LogP contribution in [0.2, 0.25) is 0 Å². The van der Waals surface area contributed by atoms with Gasteiger partial charge in [-0.3, -0.25) is 4.79 Å². The van der Waals surface area contributed by atoms with Crippen molar-refractivity contribution in [2.75, 3.05) is 18.5 Å². The lowest BCUT2D eigenvalue weighted by molar-refractivity contribution is -0.117. The molecule has 0 saturated heterocycles. The van der Waals surface area contributed by atoms with Crippen LogP contribution in [-0.4, -0.2) is 19.1 Å². The molecule has 1 rings (SSSR count). The topological polar surface area (TPSA) is 38.3 Å². The minimum Gasteiger partial charge on any atom is -0.381 e. The number of carbonyl (C=O) groups is 1. The second-order valence-electron chi connectivity index (χ2n) is 5.04. The summed E-state index contributed by atoms with van der Waals surface area (Å²) in [6.45, 7) is 3.50. The van der Waals surface area contributed by atoms with Crippen molar-refractivity contribution < 1.29 is 9.53 Å². The van der Waals surface area contributed by atoms with Gasteiger partial charge in [0.1, 0.15) is 0 Å². The van der Waals surface area contributed by atoms with Crippen molar-refractivity contribution in [3.05, 3.63) is 30.3 Å². The molecule has 0 bridgehead atoms. The van der Waals surface area contributed by atoms with E-state index in [-0.39, 0.29) is 5.91 Å². The maximum Gasteiger partial charge on any atom is 0.226 e. The second kappa shape index (κ2) is 11.5. The third-order valence-corrected chi connectivity index (χ3v) is 3.17. The van der Waals surface area contributed by atoms with Crippen LogP contribution in [0.25, 0.3) is 0 Å². The van der Waals surface area contributed by atoms with Crippen LogP contribution in [-0.2, 0) is 9.53 Å². The largest absolute Gasteiger partial charge is 0.381 e. The van der Waals surface area contributed by atoms with Gasteiger partial charge in [0, 0.05) is 12.3 Å². The Morgan fingerprint density at radius 3 is 2.45 bits per heavy atom. The first-order chi connectivity index (χ1) is 9.83. The van der Waals surface area contributed by atoms with Gasteiger partial charge in [-0.15, -0.1) is 0 Å². The van der Waals surface area contributed by atoms with Gasteiger partial charge < -0.3 is 10.1 Å². The predicted molar refractivity (Wildman–Crippen MR) is 83.9 cm³/mol. The van der Waals surface area contributed by atoms with Crippen LogP contribution in [0.5, 0.6) is 0 Å². The van der Waals surface area contributed by atoms with Crippen molar-refractivity contribution in [2.45, 2.75) is 51.9 Å². The molecule has 0 saturated carbocycles. The molecule has 20 heavy (non-hydrogen) atoms. The van der Waals surface area contributed by atoms with Gasteiger partial charge in [-0.25, -0.2) is 0 Å². The normalized spacial score (nSPS) is 10.4. The van der Waals surface area contributed by atoms with E-state index in [0.29, 0.717) is 13.0 Å². The van der Waals surface area contributed by atoms with E-state index in [9.17, 15) is 4.79 Å². The predicted octanol–water partition coefficient (Wildman–Crippen LogP) is 4.39. The average Bonchev–Trinajstić information content (AvgIpc) is 2.46. The van der Waals surface area contributed by atoms with Crippen molar-refractivity contribution in [3.8, 4) is 0 Å². The van der Waals surface area contributed by atoms with E-state index in [1.807, 2.05) is 30.3 Å². The van der Waals surface area contributed by atoms with Crippen LogP contribution in [0.3, 0.4) is 0 Å². The Labute approximate surface area is 122 Å². The van der Waals surface area contributed by atoms with Gasteiger partial charge in [-0.05, 0) is 18.6 Å². The maximum absolute atomic E-state index is 11.6. The molecular weight excluding hydrogens is 250 g/mol. The molecular formula is C17H27NO2. The van der Waals surface area contributed by atoms with Crippen molar-refractivity contribution >= 4 is 11.6 Å². The second-order valence-corrected chi connectivity index (χ2v) is 5.04. The number of nitrogens with one attached hydrogen (secondary N) is 1. The molecule has 3 nitrogen and oxygen atoms in total. The van der Waals surface area contributed by atoms with E-state index in [2.05, 4.69) is 12.2 Å². The highest BCUT2D eigenvalue weighted by Crippen LogP contribution is 2.06. The highest BCUT2D eigenvalue weighted by molar-refractivity contribution is 5.90. The molecule has 0 radical (unpaired) electrons. The number of benzene rings is 1. The summed E-state index contributed by atoms with van der Waals surface area (Å²) in [7, 11) is 0. The van der Waals surface area contributed by atoms with E-state index < -0.39 is 0 Å². The summed E-state index contributed by atoms with van der Waals surface area (Å²) < 4.78 is 5.49. The Kier molecular flexibility index (Phi) is 9.58. The first-order valence-corrected chi connectivity index (χ1v) is 7.75. The van der Waals surface area contributed by atoms with Crippen molar-refractivity contribution in [2.24, 2.45) is 0 Å². The van der Waals surface area contributed by atoms with Gasteiger partial charge in [0.2, 0.25) is 5.91 Å². The minimum atomic E-state index is 0.0131. The number of carbonyl (C=O) groups excluding carboxylic acids is 1. The van der Waals surface area contributed by atoms with Gasteiger partial charge in [0.05, 0.1) is 13.0 Å². The van der Waals surface area contributed by atoms with Crippen molar-refractivity contribution in [3.63, 3.8) is 0 Å². The summed E-state index contributed by atoms with van der Waals surface area (Å²) in [5.74, 6) is 0.0131. The highest BCUT2D eigenvalue weighted by Gasteiger charge is 2.01. The van der Waals surface area contributed by atoms with Crippen LogP contribution in [0.4, 0.5) is 5.69 Å². The Balaban J connectivity index is 1.92. The fourth-order valence-electron chi connectivity index (χ4n) is 2.00. The number of unbranched alkanes of at least 4 members (excludes halogenated alkanes) is 5. The Bertz CT molecular complexity index is 351. The monoisotopic (exact) mass is 277 g/mol. The molecule has 0 fully saturated rings. The summed E-state index contributed by atoms with van der Waals surface area (Å²) in [4.78, 5) is 11.6. The Hall–Kier alpha value is -1.35. The number of hydrogen-bond donors (Lipinski definition) is 1. The standard InChI is InChI=1S/C17H27NO2/c1-2-3-4-5-6-10-14-20-15-13-17(19)18-16-11-8-7-9-12-16/h7-9,11-12H,2-6,10,13-15H2,1H3,(H,18,19). The summed E-state index contributed by atoms with van der Waals surface area (Å²) in [6, 6.07) is 9.51. The molecule has 0 aliphatic heterocycles. The van der Waals surface area contributed by atoms with Gasteiger partial charge >= 0.3 is 0 Å². The van der Waals surface area contributed by atoms with E-state index in [0.717, 1.165) is 18.7 Å². The van der Waals surface area contributed by atoms with E-state index >= 15 is 0 Å². The lowest BCUT2D eigenvalue weighted by Gasteiger charge is -2.06. The number of rotatable bonds is 11. The van der Waals surface area contributed by atoms with Crippen LogP contribution in [0.15, 0.2) is 30.3 Å². The third-order valence-electron chi connectivity index (χ3n) is 3.17. The number of hydrogen-bond acceptors (Lipinski definition) is 2. The molecule has 1 aromatic rings. The molecule has 0 unspecified atom stereocenters. The molecule has 3 heteroatoms. The van der Waals surface area contributed by atoms with Crippen LogP contribution in [0, 0.1) is 0 Å². The molecule has 0 aliphatic carbocycles. The molecule has 1 N–H and O–H groups in total. The third kappa shape index (κ3) is 8.70.